The molecule has 43 heavy (non-hydrogen) atoms. The first-order valence-electron chi connectivity index (χ1n) is 17.0. The fourth-order valence-corrected chi connectivity index (χ4v) is 11.9. The Kier molecular flexibility index (Phi) is 19.6. The van der Waals surface area contributed by atoms with E-state index >= 15 is 0 Å². The quantitative estimate of drug-likeness (QED) is 0.150. The molecule has 2 aromatic carbocycles. The van der Waals surface area contributed by atoms with Crippen molar-refractivity contribution in [1.82, 2.24) is 0 Å². The van der Waals surface area contributed by atoms with Crippen molar-refractivity contribution in [3.63, 3.8) is 0 Å². The Balaban J connectivity index is 0.00000145. The molecule has 2 aromatic rings. The molecular formula is C39H65ClOPPd+. The predicted octanol–water partition coefficient (Wildman–Crippen LogP) is 13.1. The maximum atomic E-state index is 6.31. The molecule has 0 saturated heterocycles. The first kappa shape index (κ1) is 40.6. The zero-order valence-corrected chi connectivity index (χ0v) is 32.9. The van der Waals surface area contributed by atoms with Crippen molar-refractivity contribution in [3.05, 3.63) is 53.9 Å². The van der Waals surface area contributed by atoms with Crippen LogP contribution in [0.3, 0.4) is 0 Å². The molecule has 2 aliphatic carbocycles. The third kappa shape index (κ3) is 10.6. The van der Waals surface area contributed by atoms with Gasteiger partial charge in [-0.3, -0.25) is 0 Å². The van der Waals surface area contributed by atoms with E-state index in [1.165, 1.54) is 87.5 Å². The Bertz CT molecular complexity index is 1020. The number of methoxy groups -OCH3 is 1. The molecule has 0 amide bonds. The molecule has 0 aliphatic heterocycles. The molecule has 2 aliphatic rings. The molecule has 4 heteroatoms. The van der Waals surface area contributed by atoms with Gasteiger partial charge in [-0.2, -0.15) is 0 Å². The Morgan fingerprint density at radius 3 is 1.51 bits per heavy atom. The van der Waals surface area contributed by atoms with Gasteiger partial charge in [-0.05, 0) is 110 Å². The average Bonchev–Trinajstić information content (AvgIpc) is 2.99. The van der Waals surface area contributed by atoms with Crippen LogP contribution in [-0.2, 0) is 18.2 Å². The number of ether oxygens (including phenoxy) is 1. The average molecular weight is 723 g/mol. The summed E-state index contributed by atoms with van der Waals surface area (Å²) in [5.74, 6) is 2.70. The Morgan fingerprint density at radius 1 is 0.744 bits per heavy atom. The van der Waals surface area contributed by atoms with Crippen molar-refractivity contribution in [2.24, 2.45) is 0 Å². The second-order valence-corrected chi connectivity index (χ2v) is 16.7. The third-order valence-electron chi connectivity index (χ3n) is 9.36. The van der Waals surface area contributed by atoms with E-state index in [1.807, 2.05) is 7.11 Å². The summed E-state index contributed by atoms with van der Waals surface area (Å²) in [5.41, 5.74) is 10.9. The first-order chi connectivity index (χ1) is 20.2. The van der Waals surface area contributed by atoms with Crippen molar-refractivity contribution >= 4 is 22.8 Å². The van der Waals surface area contributed by atoms with Gasteiger partial charge in [0.05, 0.1) is 18.4 Å². The Hall–Kier alpha value is -0.378. The second kappa shape index (κ2) is 20.7. The monoisotopic (exact) mass is 721 g/mol. The molecule has 4 rings (SSSR count). The summed E-state index contributed by atoms with van der Waals surface area (Å²) in [6, 6.07) is 9.76. The fourth-order valence-electron chi connectivity index (χ4n) is 7.28. The zero-order valence-electron chi connectivity index (χ0n) is 29.6. The van der Waals surface area contributed by atoms with Crippen LogP contribution >= 0.6 is 17.5 Å². The van der Waals surface area contributed by atoms with Crippen LogP contribution in [0.15, 0.2) is 24.3 Å². The van der Waals surface area contributed by atoms with Crippen LogP contribution in [0.1, 0.15) is 166 Å². The van der Waals surface area contributed by atoms with E-state index in [0.29, 0.717) is 17.8 Å². The Labute approximate surface area is 284 Å². The van der Waals surface area contributed by atoms with E-state index in [-0.39, 0.29) is 7.43 Å². The molecule has 2 fully saturated rings. The summed E-state index contributed by atoms with van der Waals surface area (Å²) in [7, 11) is 5.61. The van der Waals surface area contributed by atoms with Crippen LogP contribution < -0.4 is 10.0 Å². The van der Waals surface area contributed by atoms with Gasteiger partial charge in [-0.1, -0.05) is 92.9 Å². The molecule has 0 radical (unpaired) electrons. The number of benzene rings is 2. The molecule has 0 spiro atoms. The molecule has 0 aromatic heterocycles. The van der Waals surface area contributed by atoms with Crippen molar-refractivity contribution in [2.75, 3.05) is 7.11 Å². The van der Waals surface area contributed by atoms with Crippen LogP contribution in [0, 0.1) is 14.4 Å². The summed E-state index contributed by atoms with van der Waals surface area (Å²) in [4.78, 5) is 0. The van der Waals surface area contributed by atoms with Gasteiger partial charge in [0.1, 0.15) is 5.30 Å². The van der Waals surface area contributed by atoms with Crippen LogP contribution in [0.25, 0.3) is 11.1 Å². The van der Waals surface area contributed by atoms with E-state index in [1.54, 1.807) is 27.6 Å². The summed E-state index contributed by atoms with van der Waals surface area (Å²) < 4.78 is 6.31. The topological polar surface area (TPSA) is 9.23 Å². The van der Waals surface area contributed by atoms with Crippen LogP contribution in [0.5, 0.6) is 5.75 Å². The van der Waals surface area contributed by atoms with Crippen molar-refractivity contribution < 1.29 is 22.9 Å². The summed E-state index contributed by atoms with van der Waals surface area (Å²) in [6.07, 6.45) is 15.5. The predicted molar refractivity (Wildman–Crippen MR) is 195 cm³/mol. The van der Waals surface area contributed by atoms with Crippen molar-refractivity contribution in [2.45, 2.75) is 162 Å². The molecule has 0 unspecified atom stereocenters. The summed E-state index contributed by atoms with van der Waals surface area (Å²) in [5, 5.41) is 1.66. The number of hydrogen-bond donors (Lipinski definition) is 0. The number of halogens is 1. The summed E-state index contributed by atoms with van der Waals surface area (Å²) >= 11 is 2.22. The fraction of sp³-hybridized carbons (Fsp3) is 0.667. The standard InChI is InChI=1S/C35H53OP.C3H8.CH3.ClH.Pd/c1-23(2)27-21-30(24(3)4)34(31(22-27)25(5)6)33-26(7)19-20-32(36-8)35(33)37(28-15-11-9-12-16-28)29-17-13-10-14-18-29;1-3-2;;;/h19-25,28-29H,9-18H2,1-8H3;3H2,1-2H3;1H3;1H;/q;;-1;;+2. The molecule has 0 N–H and O–H groups in total. The zero-order chi connectivity index (χ0) is 31.4. The Morgan fingerprint density at radius 2 is 1.16 bits per heavy atom. The second-order valence-electron chi connectivity index (χ2n) is 13.7. The van der Waals surface area contributed by atoms with Gasteiger partial charge >= 0.3 is 27.7 Å². The van der Waals surface area contributed by atoms with E-state index < -0.39 is 7.92 Å². The SMILES string of the molecule is CCC.COc1ccc(C)c(-c2c(C(C)C)cc(C(C)C)cc2C(C)C)c1[PH+](C1CCCCC1)C1CCCCC1.[CH3-].[Cl][Pd+]. The molecule has 0 atom stereocenters. The molecule has 0 bridgehead atoms. The van der Waals surface area contributed by atoms with Crippen molar-refractivity contribution in [1.29, 1.82) is 0 Å². The molecule has 248 valence electrons. The van der Waals surface area contributed by atoms with Crippen LogP contribution in [-0.4, -0.2) is 18.4 Å². The maximum absolute atomic E-state index is 6.31. The van der Waals surface area contributed by atoms with Gasteiger partial charge in [0, 0.05) is 13.5 Å². The van der Waals surface area contributed by atoms with Crippen LogP contribution in [0.4, 0.5) is 0 Å². The molecule has 0 heterocycles. The van der Waals surface area contributed by atoms with Gasteiger partial charge in [0.25, 0.3) is 0 Å². The molecule has 2 saturated carbocycles. The number of aryl methyl sites for hydroxylation is 1. The first-order valence-corrected chi connectivity index (χ1v) is 20.7. The number of rotatable bonds is 8. The van der Waals surface area contributed by atoms with Crippen LogP contribution in [0.2, 0.25) is 0 Å². The van der Waals surface area contributed by atoms with Gasteiger partial charge < -0.3 is 12.2 Å². The molecular weight excluding hydrogens is 657 g/mol. The third-order valence-corrected chi connectivity index (χ3v) is 13.3. The van der Waals surface area contributed by atoms with Crippen molar-refractivity contribution in [3.8, 4) is 16.9 Å². The van der Waals surface area contributed by atoms with Gasteiger partial charge in [0.2, 0.25) is 0 Å². The normalized spacial score (nSPS) is 16.0. The van der Waals surface area contributed by atoms with E-state index in [4.69, 9.17) is 4.74 Å². The minimum atomic E-state index is -0.799. The summed E-state index contributed by atoms with van der Waals surface area (Å²) in [6.45, 7) is 20.9. The van der Waals surface area contributed by atoms with Gasteiger partial charge in [-0.15, -0.1) is 0 Å². The van der Waals surface area contributed by atoms with E-state index in [9.17, 15) is 0 Å². The van der Waals surface area contributed by atoms with Gasteiger partial charge in [-0.25, -0.2) is 0 Å². The van der Waals surface area contributed by atoms with Gasteiger partial charge in [0.15, 0.2) is 5.75 Å². The van der Waals surface area contributed by atoms with E-state index in [2.05, 4.69) is 114 Å². The molecule has 1 nitrogen and oxygen atoms in total. The number of hydrogen-bond acceptors (Lipinski definition) is 1. The minimum absolute atomic E-state index is 0. The van der Waals surface area contributed by atoms with E-state index in [0.717, 1.165) is 11.3 Å².